The van der Waals surface area contributed by atoms with Crippen LogP contribution in [0, 0.1) is 0 Å². The summed E-state index contributed by atoms with van der Waals surface area (Å²) in [6.07, 6.45) is 0.373. The molecule has 0 aliphatic rings. The molecule has 2 N–H and O–H groups in total. The van der Waals surface area contributed by atoms with Gasteiger partial charge in [0.2, 0.25) is 5.91 Å². The number of carbonyl (C=O) groups excluding carboxylic acids is 2. The molecule has 0 fully saturated rings. The molecule has 1 rings (SSSR count). The van der Waals surface area contributed by atoms with Crippen LogP contribution in [0.25, 0.3) is 0 Å². The van der Waals surface area contributed by atoms with E-state index < -0.39 is 0 Å². The Kier molecular flexibility index (Phi) is 5.44. The first-order valence-electron chi connectivity index (χ1n) is 5.86. The van der Waals surface area contributed by atoms with Crippen LogP contribution in [0.15, 0.2) is 24.3 Å². The van der Waals surface area contributed by atoms with Gasteiger partial charge in [0.1, 0.15) is 0 Å². The van der Waals surface area contributed by atoms with Crippen LogP contribution in [0.5, 0.6) is 0 Å². The van der Waals surface area contributed by atoms with Crippen molar-refractivity contribution in [2.45, 2.75) is 13.3 Å². The molecule has 0 aliphatic carbocycles. The number of nitrogens with one attached hydrogen (secondary N) is 2. The maximum atomic E-state index is 11.7. The standard InChI is InChI=1S/C13H17N3O2S/c1-4-11(17)15-13(19)14-10-7-5-9(6-8-10)12(18)16(2)3/h5-8H,4H2,1-3H3,(H2,14,15,17,19). The number of amides is 2. The summed E-state index contributed by atoms with van der Waals surface area (Å²) in [6.45, 7) is 1.75. The fourth-order valence-corrected chi connectivity index (χ4v) is 1.56. The monoisotopic (exact) mass is 279 g/mol. The lowest BCUT2D eigenvalue weighted by Crippen LogP contribution is -2.33. The molecule has 0 atom stereocenters. The van der Waals surface area contributed by atoms with E-state index in [0.717, 1.165) is 5.69 Å². The molecule has 0 aliphatic heterocycles. The number of thiocarbonyl (C=S) groups is 1. The van der Waals surface area contributed by atoms with E-state index in [-0.39, 0.29) is 16.9 Å². The number of rotatable bonds is 3. The van der Waals surface area contributed by atoms with Crippen LogP contribution < -0.4 is 10.6 Å². The van der Waals surface area contributed by atoms with E-state index in [4.69, 9.17) is 12.2 Å². The Morgan fingerprint density at radius 3 is 2.26 bits per heavy atom. The van der Waals surface area contributed by atoms with Crippen LogP contribution in [0.1, 0.15) is 23.7 Å². The molecule has 0 spiro atoms. The Hall–Kier alpha value is -1.95. The fourth-order valence-electron chi connectivity index (χ4n) is 1.33. The first-order chi connectivity index (χ1) is 8.93. The molecule has 6 heteroatoms. The molecule has 102 valence electrons. The Morgan fingerprint density at radius 1 is 1.21 bits per heavy atom. The molecule has 1 aromatic carbocycles. The number of hydrogen-bond donors (Lipinski definition) is 2. The fraction of sp³-hybridized carbons (Fsp3) is 0.308. The predicted octanol–water partition coefficient (Wildman–Crippen LogP) is 1.61. The Morgan fingerprint density at radius 2 is 1.79 bits per heavy atom. The Balaban J connectivity index is 2.65. The number of nitrogens with zero attached hydrogens (tertiary/aromatic N) is 1. The smallest absolute Gasteiger partial charge is 0.253 e. The first-order valence-corrected chi connectivity index (χ1v) is 6.27. The summed E-state index contributed by atoms with van der Waals surface area (Å²) >= 11 is 4.99. The van der Waals surface area contributed by atoms with Gasteiger partial charge < -0.3 is 15.5 Å². The summed E-state index contributed by atoms with van der Waals surface area (Å²) in [5.41, 5.74) is 1.32. The average molecular weight is 279 g/mol. The van der Waals surface area contributed by atoms with Crippen LogP contribution in [0.4, 0.5) is 5.69 Å². The minimum absolute atomic E-state index is 0.0617. The van der Waals surface area contributed by atoms with Gasteiger partial charge in [0.15, 0.2) is 5.11 Å². The second kappa shape index (κ2) is 6.84. The van der Waals surface area contributed by atoms with Crippen molar-refractivity contribution in [3.63, 3.8) is 0 Å². The topological polar surface area (TPSA) is 61.4 Å². The minimum atomic E-state index is -0.142. The Bertz CT molecular complexity index is 483. The van der Waals surface area contributed by atoms with Gasteiger partial charge in [0.05, 0.1) is 0 Å². The largest absolute Gasteiger partial charge is 0.345 e. The van der Waals surface area contributed by atoms with E-state index >= 15 is 0 Å². The van der Waals surface area contributed by atoms with E-state index in [0.29, 0.717) is 12.0 Å². The first kappa shape index (κ1) is 15.1. The van der Waals surface area contributed by atoms with Crippen molar-refractivity contribution in [3.05, 3.63) is 29.8 Å². The van der Waals surface area contributed by atoms with Crippen molar-refractivity contribution < 1.29 is 9.59 Å². The van der Waals surface area contributed by atoms with Gasteiger partial charge in [-0.2, -0.15) is 0 Å². The summed E-state index contributed by atoms with van der Waals surface area (Å²) in [6, 6.07) is 6.88. The molecule has 0 saturated carbocycles. The molecule has 5 nitrogen and oxygen atoms in total. The third-order valence-corrected chi connectivity index (χ3v) is 2.57. The van der Waals surface area contributed by atoms with Crippen molar-refractivity contribution in [2.75, 3.05) is 19.4 Å². The highest BCUT2D eigenvalue weighted by Crippen LogP contribution is 2.10. The van der Waals surface area contributed by atoms with Gasteiger partial charge in [0.25, 0.3) is 5.91 Å². The van der Waals surface area contributed by atoms with Gasteiger partial charge in [-0.1, -0.05) is 6.92 Å². The lowest BCUT2D eigenvalue weighted by molar-refractivity contribution is -0.119. The van der Waals surface area contributed by atoms with Crippen LogP contribution in [0.3, 0.4) is 0 Å². The molecule has 0 heterocycles. The lowest BCUT2D eigenvalue weighted by Gasteiger charge is -2.12. The van der Waals surface area contributed by atoms with E-state index in [2.05, 4.69) is 10.6 Å². The van der Waals surface area contributed by atoms with Gasteiger partial charge in [0, 0.05) is 31.8 Å². The number of benzene rings is 1. The molecule has 0 radical (unpaired) electrons. The normalized spacial score (nSPS) is 9.63. The molecular weight excluding hydrogens is 262 g/mol. The summed E-state index contributed by atoms with van der Waals surface area (Å²) in [5.74, 6) is -0.203. The zero-order valence-corrected chi connectivity index (χ0v) is 12.0. The molecule has 0 saturated heterocycles. The van der Waals surface area contributed by atoms with Crippen LogP contribution in [0.2, 0.25) is 0 Å². The van der Waals surface area contributed by atoms with Gasteiger partial charge in [-0.25, -0.2) is 0 Å². The lowest BCUT2D eigenvalue weighted by atomic mass is 10.2. The highest BCUT2D eigenvalue weighted by molar-refractivity contribution is 7.80. The third-order valence-electron chi connectivity index (χ3n) is 2.37. The predicted molar refractivity (Wildman–Crippen MR) is 79.1 cm³/mol. The van der Waals surface area contributed by atoms with Crippen LogP contribution >= 0.6 is 12.2 Å². The second-order valence-electron chi connectivity index (χ2n) is 4.13. The zero-order valence-electron chi connectivity index (χ0n) is 11.2. The summed E-state index contributed by atoms with van der Waals surface area (Å²) < 4.78 is 0. The molecule has 0 unspecified atom stereocenters. The van der Waals surface area contributed by atoms with Crippen molar-refractivity contribution in [1.82, 2.24) is 10.2 Å². The van der Waals surface area contributed by atoms with Gasteiger partial charge >= 0.3 is 0 Å². The van der Waals surface area contributed by atoms with Crippen molar-refractivity contribution in [2.24, 2.45) is 0 Å². The van der Waals surface area contributed by atoms with E-state index in [1.54, 1.807) is 45.3 Å². The average Bonchev–Trinajstić information content (AvgIpc) is 2.38. The number of hydrogen-bond acceptors (Lipinski definition) is 3. The number of anilines is 1. The van der Waals surface area contributed by atoms with Crippen LogP contribution in [-0.2, 0) is 4.79 Å². The van der Waals surface area contributed by atoms with E-state index in [9.17, 15) is 9.59 Å². The maximum absolute atomic E-state index is 11.7. The summed E-state index contributed by atoms with van der Waals surface area (Å²) in [5, 5.41) is 5.67. The SMILES string of the molecule is CCC(=O)NC(=S)Nc1ccc(C(=O)N(C)C)cc1. The zero-order chi connectivity index (χ0) is 14.4. The highest BCUT2D eigenvalue weighted by atomic mass is 32.1. The van der Waals surface area contributed by atoms with Gasteiger partial charge in [-0.3, -0.25) is 9.59 Å². The maximum Gasteiger partial charge on any atom is 0.253 e. The van der Waals surface area contributed by atoms with Gasteiger partial charge in [-0.15, -0.1) is 0 Å². The quantitative estimate of drug-likeness (QED) is 0.825. The van der Waals surface area contributed by atoms with Crippen molar-refractivity contribution >= 4 is 34.8 Å². The molecule has 1 aromatic rings. The van der Waals surface area contributed by atoms with Crippen molar-refractivity contribution in [1.29, 1.82) is 0 Å². The Labute approximate surface area is 118 Å². The van der Waals surface area contributed by atoms with E-state index in [1.165, 1.54) is 4.90 Å². The number of carbonyl (C=O) groups is 2. The molecule has 2 amide bonds. The molecule has 0 aromatic heterocycles. The summed E-state index contributed by atoms with van der Waals surface area (Å²) in [7, 11) is 3.40. The third kappa shape index (κ3) is 4.67. The minimum Gasteiger partial charge on any atom is -0.345 e. The highest BCUT2D eigenvalue weighted by Gasteiger charge is 2.07. The van der Waals surface area contributed by atoms with Crippen LogP contribution in [-0.4, -0.2) is 35.9 Å². The molecular formula is C13H17N3O2S. The molecule has 0 bridgehead atoms. The van der Waals surface area contributed by atoms with E-state index in [1.807, 2.05) is 0 Å². The second-order valence-corrected chi connectivity index (χ2v) is 4.54. The van der Waals surface area contributed by atoms with Gasteiger partial charge in [-0.05, 0) is 36.5 Å². The summed E-state index contributed by atoms with van der Waals surface area (Å²) in [4.78, 5) is 24.3. The van der Waals surface area contributed by atoms with Crippen molar-refractivity contribution in [3.8, 4) is 0 Å². The molecule has 19 heavy (non-hydrogen) atoms.